The maximum atomic E-state index is 13.7. The van der Waals surface area contributed by atoms with E-state index in [0.29, 0.717) is 37.4 Å². The molecule has 0 saturated heterocycles. The van der Waals surface area contributed by atoms with Gasteiger partial charge in [-0.25, -0.2) is 0 Å². The zero-order chi connectivity index (χ0) is 27.2. The van der Waals surface area contributed by atoms with Crippen LogP contribution in [0.4, 0.5) is 0 Å². The number of hydrogen-bond donors (Lipinski definition) is 1. The van der Waals surface area contributed by atoms with E-state index in [2.05, 4.69) is 12.2 Å². The summed E-state index contributed by atoms with van der Waals surface area (Å²) in [5, 5.41) is 3.78. The third-order valence-corrected chi connectivity index (χ3v) is 7.56. The Morgan fingerprint density at radius 1 is 0.974 bits per heavy atom. The number of halogens is 1. The molecule has 0 aliphatic heterocycles. The maximum absolute atomic E-state index is 13.7. The van der Waals surface area contributed by atoms with Crippen LogP contribution >= 0.6 is 23.4 Å². The Labute approximate surface area is 235 Å². The molecule has 38 heavy (non-hydrogen) atoms. The molecule has 0 radical (unpaired) electrons. The fraction of sp³-hybridized carbons (Fsp3) is 0.355. The van der Waals surface area contributed by atoms with Gasteiger partial charge in [0.15, 0.2) is 0 Å². The molecular formula is C31H37ClN2O3S. The van der Waals surface area contributed by atoms with Crippen molar-refractivity contribution >= 4 is 35.2 Å². The Bertz CT molecular complexity index is 1140. The van der Waals surface area contributed by atoms with Gasteiger partial charge in [0.2, 0.25) is 11.8 Å². The summed E-state index contributed by atoms with van der Waals surface area (Å²) in [5.74, 6) is 1.37. The van der Waals surface area contributed by atoms with Gasteiger partial charge in [0, 0.05) is 35.8 Å². The first-order valence-corrected chi connectivity index (χ1v) is 14.5. The van der Waals surface area contributed by atoms with Crippen LogP contribution in [0.3, 0.4) is 0 Å². The number of hydrogen-bond acceptors (Lipinski definition) is 4. The van der Waals surface area contributed by atoms with Crippen LogP contribution in [0.5, 0.6) is 5.75 Å². The molecule has 7 heteroatoms. The minimum atomic E-state index is -0.614. The first-order valence-electron chi connectivity index (χ1n) is 13.1. The Morgan fingerprint density at radius 2 is 1.71 bits per heavy atom. The number of ether oxygens (including phenoxy) is 1. The molecule has 0 aliphatic rings. The molecule has 0 fully saturated rings. The summed E-state index contributed by atoms with van der Waals surface area (Å²) in [6.45, 7) is 3.02. The van der Waals surface area contributed by atoms with Gasteiger partial charge >= 0.3 is 0 Å². The van der Waals surface area contributed by atoms with E-state index in [1.807, 2.05) is 78.9 Å². The van der Waals surface area contributed by atoms with Crippen molar-refractivity contribution in [3.05, 3.63) is 95.0 Å². The van der Waals surface area contributed by atoms with E-state index in [-0.39, 0.29) is 11.8 Å². The van der Waals surface area contributed by atoms with Gasteiger partial charge in [-0.3, -0.25) is 9.59 Å². The molecule has 0 saturated carbocycles. The highest BCUT2D eigenvalue weighted by atomic mass is 35.5. The normalized spacial score (nSPS) is 11.6. The number of carbonyl (C=O) groups is 2. The molecule has 3 aromatic carbocycles. The van der Waals surface area contributed by atoms with Crippen LogP contribution in [0.15, 0.2) is 83.8 Å². The van der Waals surface area contributed by atoms with Gasteiger partial charge in [-0.15, -0.1) is 11.8 Å². The number of nitrogens with one attached hydrogen (secondary N) is 1. The lowest BCUT2D eigenvalue weighted by molar-refractivity contribution is -0.141. The summed E-state index contributed by atoms with van der Waals surface area (Å²) in [4.78, 5) is 30.1. The van der Waals surface area contributed by atoms with Crippen molar-refractivity contribution in [2.45, 2.75) is 56.5 Å². The number of rotatable bonds is 15. The Morgan fingerprint density at radius 3 is 2.42 bits per heavy atom. The predicted octanol–water partition coefficient (Wildman–Crippen LogP) is 6.78. The predicted molar refractivity (Wildman–Crippen MR) is 157 cm³/mol. The largest absolute Gasteiger partial charge is 0.497 e. The van der Waals surface area contributed by atoms with Crippen molar-refractivity contribution in [1.82, 2.24) is 10.2 Å². The summed E-state index contributed by atoms with van der Waals surface area (Å²) in [5.41, 5.74) is 1.94. The molecule has 0 unspecified atom stereocenters. The standard InChI is InChI=1S/C31H37ClN2O3S/c1-3-4-19-33-31(36)29(22-24-10-6-5-7-11-24)34(23-25-12-8-13-27(21-25)37-2)30(35)14-9-20-38-28-17-15-26(32)16-18-28/h5-8,10-13,15-18,21,29H,3-4,9,14,19-20,22-23H2,1-2H3,(H,33,36)/t29-/m1/s1. The Balaban J connectivity index is 1.79. The van der Waals surface area contributed by atoms with Crippen molar-refractivity contribution in [1.29, 1.82) is 0 Å². The highest BCUT2D eigenvalue weighted by molar-refractivity contribution is 7.99. The quantitative estimate of drug-likeness (QED) is 0.167. The second kappa shape index (κ2) is 16.1. The Kier molecular flexibility index (Phi) is 12.5. The summed E-state index contributed by atoms with van der Waals surface area (Å²) in [6.07, 6.45) is 3.40. The minimum Gasteiger partial charge on any atom is -0.497 e. The number of amides is 2. The molecule has 5 nitrogen and oxygen atoms in total. The average Bonchev–Trinajstić information content (AvgIpc) is 2.94. The van der Waals surface area contributed by atoms with Crippen molar-refractivity contribution in [2.24, 2.45) is 0 Å². The van der Waals surface area contributed by atoms with Gasteiger partial charge in [-0.1, -0.05) is 67.4 Å². The van der Waals surface area contributed by atoms with Crippen molar-refractivity contribution < 1.29 is 14.3 Å². The molecule has 1 N–H and O–H groups in total. The van der Waals surface area contributed by atoms with E-state index < -0.39 is 6.04 Å². The highest BCUT2D eigenvalue weighted by Gasteiger charge is 2.30. The van der Waals surface area contributed by atoms with Crippen LogP contribution in [0.2, 0.25) is 5.02 Å². The van der Waals surface area contributed by atoms with Crippen molar-refractivity contribution in [3.63, 3.8) is 0 Å². The van der Waals surface area contributed by atoms with Gasteiger partial charge in [0.25, 0.3) is 0 Å². The smallest absolute Gasteiger partial charge is 0.243 e. The van der Waals surface area contributed by atoms with E-state index >= 15 is 0 Å². The molecule has 0 aromatic heterocycles. The first-order chi connectivity index (χ1) is 18.5. The average molecular weight is 553 g/mol. The number of carbonyl (C=O) groups excluding carboxylic acids is 2. The van der Waals surface area contributed by atoms with E-state index in [1.165, 1.54) is 0 Å². The van der Waals surface area contributed by atoms with Crippen molar-refractivity contribution in [3.8, 4) is 5.75 Å². The van der Waals surface area contributed by atoms with Gasteiger partial charge in [-0.05, 0) is 66.1 Å². The van der Waals surface area contributed by atoms with E-state index in [0.717, 1.165) is 40.4 Å². The minimum absolute atomic E-state index is 0.0314. The van der Waals surface area contributed by atoms with Crippen LogP contribution in [-0.4, -0.2) is 42.2 Å². The van der Waals surface area contributed by atoms with Crippen LogP contribution in [0.25, 0.3) is 0 Å². The second-order valence-corrected chi connectivity index (χ2v) is 10.7. The number of benzene rings is 3. The SMILES string of the molecule is CCCCNC(=O)[C@@H](Cc1ccccc1)N(Cc1cccc(OC)c1)C(=O)CCCSc1ccc(Cl)cc1. The van der Waals surface area contributed by atoms with E-state index in [9.17, 15) is 9.59 Å². The molecule has 202 valence electrons. The summed E-state index contributed by atoms with van der Waals surface area (Å²) >= 11 is 7.69. The van der Waals surface area contributed by atoms with Gasteiger partial charge in [0.05, 0.1) is 7.11 Å². The molecule has 0 heterocycles. The monoisotopic (exact) mass is 552 g/mol. The third kappa shape index (κ3) is 9.73. The summed E-state index contributed by atoms with van der Waals surface area (Å²) < 4.78 is 5.40. The molecule has 3 rings (SSSR count). The molecule has 0 bridgehead atoms. The van der Waals surface area contributed by atoms with Gasteiger partial charge in [-0.2, -0.15) is 0 Å². The fourth-order valence-corrected chi connectivity index (χ4v) is 5.09. The summed E-state index contributed by atoms with van der Waals surface area (Å²) in [6, 6.07) is 24.7. The number of unbranched alkanes of at least 4 members (excludes halogenated alkanes) is 1. The van der Waals surface area contributed by atoms with Crippen LogP contribution in [-0.2, 0) is 22.6 Å². The molecule has 0 aliphatic carbocycles. The number of thioether (sulfide) groups is 1. The van der Waals surface area contributed by atoms with Crippen molar-refractivity contribution in [2.75, 3.05) is 19.4 Å². The maximum Gasteiger partial charge on any atom is 0.243 e. The van der Waals surface area contributed by atoms with Crippen LogP contribution in [0.1, 0.15) is 43.7 Å². The van der Waals surface area contributed by atoms with Crippen LogP contribution in [0, 0.1) is 0 Å². The van der Waals surface area contributed by atoms with Gasteiger partial charge < -0.3 is 15.0 Å². The second-order valence-electron chi connectivity index (χ2n) is 9.13. The fourth-order valence-electron chi connectivity index (χ4n) is 4.12. The van der Waals surface area contributed by atoms with Crippen LogP contribution < -0.4 is 10.1 Å². The molecular weight excluding hydrogens is 516 g/mol. The summed E-state index contributed by atoms with van der Waals surface area (Å²) in [7, 11) is 1.62. The topological polar surface area (TPSA) is 58.6 Å². The molecule has 1 atom stereocenters. The number of methoxy groups -OCH3 is 1. The lowest BCUT2D eigenvalue weighted by Gasteiger charge is -2.32. The Hall–Kier alpha value is -2.96. The zero-order valence-electron chi connectivity index (χ0n) is 22.2. The zero-order valence-corrected chi connectivity index (χ0v) is 23.8. The van der Waals surface area contributed by atoms with E-state index in [4.69, 9.17) is 16.3 Å². The lowest BCUT2D eigenvalue weighted by Crippen LogP contribution is -2.50. The highest BCUT2D eigenvalue weighted by Crippen LogP contribution is 2.23. The lowest BCUT2D eigenvalue weighted by atomic mass is 10.0. The third-order valence-electron chi connectivity index (χ3n) is 6.21. The first kappa shape index (κ1) is 29.6. The molecule has 3 aromatic rings. The number of nitrogens with zero attached hydrogens (tertiary/aromatic N) is 1. The molecule has 0 spiro atoms. The van der Waals surface area contributed by atoms with E-state index in [1.54, 1.807) is 23.8 Å². The van der Waals surface area contributed by atoms with Gasteiger partial charge in [0.1, 0.15) is 11.8 Å². The molecule has 2 amide bonds.